The van der Waals surface area contributed by atoms with Crippen LogP contribution in [-0.2, 0) is 11.2 Å². The third-order valence-electron chi connectivity index (χ3n) is 4.75. The molecule has 3 aromatic carbocycles. The maximum Gasteiger partial charge on any atom is 0.253 e. The van der Waals surface area contributed by atoms with Crippen molar-refractivity contribution in [2.45, 2.75) is 18.9 Å². The Balaban J connectivity index is 1.63. The lowest BCUT2D eigenvalue weighted by Crippen LogP contribution is -2.34. The predicted molar refractivity (Wildman–Crippen MR) is 126 cm³/mol. The third-order valence-corrected chi connectivity index (χ3v) is 5.66. The molecule has 2 N–H and O–H groups in total. The van der Waals surface area contributed by atoms with Gasteiger partial charge in [0.1, 0.15) is 0 Å². The lowest BCUT2D eigenvalue weighted by atomic mass is 10.0. The third kappa shape index (κ3) is 6.73. The molecule has 4 nitrogen and oxygen atoms in total. The lowest BCUT2D eigenvalue weighted by Gasteiger charge is -2.19. The molecule has 0 radical (unpaired) electrons. The summed E-state index contributed by atoms with van der Waals surface area (Å²) in [6.07, 6.45) is 0.665. The van der Waals surface area contributed by atoms with Crippen LogP contribution in [0, 0.1) is 0 Å². The Morgan fingerprint density at radius 1 is 0.839 bits per heavy atom. The normalized spacial score (nSPS) is 11.6. The van der Waals surface area contributed by atoms with E-state index >= 15 is 0 Å². The summed E-state index contributed by atoms with van der Waals surface area (Å²) in [5, 5.41) is 7.31. The zero-order valence-electron chi connectivity index (χ0n) is 16.6. The molecule has 0 aliphatic carbocycles. The van der Waals surface area contributed by atoms with Crippen molar-refractivity contribution in [3.05, 3.63) is 105 Å². The number of hydrogen-bond acceptors (Lipinski definition) is 2. The molecule has 0 aliphatic rings. The van der Waals surface area contributed by atoms with Gasteiger partial charge in [-0.15, -0.1) is 0 Å². The summed E-state index contributed by atoms with van der Waals surface area (Å²) in [7, 11) is 0. The van der Waals surface area contributed by atoms with E-state index in [1.807, 2.05) is 36.4 Å². The molecule has 7 heteroatoms. The van der Waals surface area contributed by atoms with E-state index < -0.39 is 6.04 Å². The first-order chi connectivity index (χ1) is 14.9. The topological polar surface area (TPSA) is 58.2 Å². The van der Waals surface area contributed by atoms with E-state index in [-0.39, 0.29) is 18.2 Å². The zero-order valence-corrected chi connectivity index (χ0v) is 18.8. The van der Waals surface area contributed by atoms with Gasteiger partial charge < -0.3 is 10.6 Å². The van der Waals surface area contributed by atoms with Crippen LogP contribution in [0.4, 0.5) is 0 Å². The van der Waals surface area contributed by atoms with Crippen LogP contribution in [0.5, 0.6) is 0 Å². The number of rotatable bonds is 8. The second-order valence-electron chi connectivity index (χ2n) is 6.96. The summed E-state index contributed by atoms with van der Waals surface area (Å²) in [6.45, 7) is 0.417. The molecule has 0 bridgehead atoms. The molecule has 3 aromatic rings. The van der Waals surface area contributed by atoms with Crippen molar-refractivity contribution < 1.29 is 9.59 Å². The molecule has 0 fully saturated rings. The Bertz CT molecular complexity index is 1060. The fourth-order valence-corrected chi connectivity index (χ4v) is 3.86. The maximum atomic E-state index is 12.7. The van der Waals surface area contributed by atoms with Gasteiger partial charge in [-0.05, 0) is 41.8 Å². The van der Waals surface area contributed by atoms with Gasteiger partial charge >= 0.3 is 0 Å². The quantitative estimate of drug-likeness (QED) is 0.428. The highest BCUT2D eigenvalue weighted by Crippen LogP contribution is 2.22. The summed E-state index contributed by atoms with van der Waals surface area (Å²) < 4.78 is 0. The minimum Gasteiger partial charge on any atom is -0.356 e. The molecule has 160 valence electrons. The van der Waals surface area contributed by atoms with E-state index in [1.54, 1.807) is 36.4 Å². The van der Waals surface area contributed by atoms with Gasteiger partial charge in [-0.2, -0.15) is 0 Å². The minimum atomic E-state index is -0.496. The first-order valence-electron chi connectivity index (χ1n) is 9.75. The van der Waals surface area contributed by atoms with Crippen LogP contribution < -0.4 is 10.6 Å². The Hall–Kier alpha value is -2.53. The van der Waals surface area contributed by atoms with E-state index in [4.69, 9.17) is 34.8 Å². The van der Waals surface area contributed by atoms with E-state index in [9.17, 15) is 9.59 Å². The highest BCUT2D eigenvalue weighted by molar-refractivity contribution is 6.35. The molecule has 0 saturated carbocycles. The molecule has 2 amide bonds. The Labute approximate surface area is 196 Å². The van der Waals surface area contributed by atoms with Crippen LogP contribution >= 0.6 is 34.8 Å². The van der Waals surface area contributed by atoms with Crippen molar-refractivity contribution in [1.29, 1.82) is 0 Å². The van der Waals surface area contributed by atoms with Crippen molar-refractivity contribution in [1.82, 2.24) is 10.6 Å². The van der Waals surface area contributed by atoms with Gasteiger partial charge in [0.25, 0.3) is 5.91 Å². The van der Waals surface area contributed by atoms with Gasteiger partial charge in [-0.1, -0.05) is 83.3 Å². The molecule has 0 saturated heterocycles. The standard InChI is InChI=1S/C24H21Cl3N2O2/c25-18-11-10-16(21(27)14-18)12-13-28-23(30)15-22(17-6-2-1-3-7-17)29-24(31)19-8-4-5-9-20(19)26/h1-11,14,22H,12-13,15H2,(H,28,30)(H,29,31). The molecule has 0 heterocycles. The lowest BCUT2D eigenvalue weighted by molar-refractivity contribution is -0.121. The van der Waals surface area contributed by atoms with Crippen LogP contribution in [0.2, 0.25) is 15.1 Å². The molecule has 1 unspecified atom stereocenters. The molecular weight excluding hydrogens is 455 g/mol. The SMILES string of the molecule is O=C(CC(NC(=O)c1ccccc1Cl)c1ccccc1)NCCc1ccc(Cl)cc1Cl. The van der Waals surface area contributed by atoms with Crippen molar-refractivity contribution in [2.24, 2.45) is 0 Å². The molecular formula is C24H21Cl3N2O2. The van der Waals surface area contributed by atoms with Crippen LogP contribution in [0.15, 0.2) is 72.8 Å². The van der Waals surface area contributed by atoms with Crippen molar-refractivity contribution >= 4 is 46.6 Å². The van der Waals surface area contributed by atoms with Gasteiger partial charge in [0.15, 0.2) is 0 Å². The first-order valence-corrected chi connectivity index (χ1v) is 10.9. The van der Waals surface area contributed by atoms with Crippen molar-refractivity contribution in [3.63, 3.8) is 0 Å². The predicted octanol–water partition coefficient (Wildman–Crippen LogP) is 5.87. The van der Waals surface area contributed by atoms with E-state index in [0.717, 1.165) is 11.1 Å². The summed E-state index contributed by atoms with van der Waals surface area (Å²) in [6, 6.07) is 20.9. The summed E-state index contributed by atoms with van der Waals surface area (Å²) in [5.74, 6) is -0.515. The Kier molecular flexibility index (Phi) is 8.35. The average Bonchev–Trinajstić information content (AvgIpc) is 2.75. The highest BCUT2D eigenvalue weighted by atomic mass is 35.5. The number of hydrogen-bond donors (Lipinski definition) is 2. The minimum absolute atomic E-state index is 0.0918. The van der Waals surface area contributed by atoms with Crippen LogP contribution in [0.1, 0.15) is 33.9 Å². The smallest absolute Gasteiger partial charge is 0.253 e. The number of amides is 2. The summed E-state index contributed by atoms with van der Waals surface area (Å²) in [4.78, 5) is 25.3. The second-order valence-corrected chi connectivity index (χ2v) is 8.21. The van der Waals surface area contributed by atoms with Gasteiger partial charge in [-0.25, -0.2) is 0 Å². The number of carbonyl (C=O) groups is 2. The van der Waals surface area contributed by atoms with Crippen LogP contribution in [-0.4, -0.2) is 18.4 Å². The second kappa shape index (κ2) is 11.2. The van der Waals surface area contributed by atoms with Gasteiger partial charge in [0.2, 0.25) is 5.91 Å². The average molecular weight is 476 g/mol. The largest absolute Gasteiger partial charge is 0.356 e. The molecule has 0 spiro atoms. The van der Waals surface area contributed by atoms with E-state index in [0.29, 0.717) is 33.6 Å². The highest BCUT2D eigenvalue weighted by Gasteiger charge is 2.20. The first kappa shape index (κ1) is 23.1. The molecule has 0 aliphatic heterocycles. The van der Waals surface area contributed by atoms with E-state index in [1.165, 1.54) is 0 Å². The maximum absolute atomic E-state index is 12.7. The number of carbonyl (C=O) groups excluding carboxylic acids is 2. The number of nitrogens with one attached hydrogen (secondary N) is 2. The summed E-state index contributed by atoms with van der Waals surface area (Å²) >= 11 is 18.2. The van der Waals surface area contributed by atoms with E-state index in [2.05, 4.69) is 10.6 Å². The van der Waals surface area contributed by atoms with Gasteiger partial charge in [0.05, 0.1) is 23.0 Å². The fourth-order valence-electron chi connectivity index (χ4n) is 3.14. The van der Waals surface area contributed by atoms with Crippen molar-refractivity contribution in [3.8, 4) is 0 Å². The number of benzene rings is 3. The number of halogens is 3. The Morgan fingerprint density at radius 3 is 2.26 bits per heavy atom. The summed E-state index contributed by atoms with van der Waals surface area (Å²) in [5.41, 5.74) is 2.10. The van der Waals surface area contributed by atoms with Crippen LogP contribution in [0.25, 0.3) is 0 Å². The van der Waals surface area contributed by atoms with Gasteiger partial charge in [0, 0.05) is 16.6 Å². The van der Waals surface area contributed by atoms with Gasteiger partial charge in [-0.3, -0.25) is 9.59 Å². The monoisotopic (exact) mass is 474 g/mol. The molecule has 1 atom stereocenters. The fraction of sp³-hybridized carbons (Fsp3) is 0.167. The molecule has 3 rings (SSSR count). The molecule has 31 heavy (non-hydrogen) atoms. The molecule has 0 aromatic heterocycles. The Morgan fingerprint density at radius 2 is 1.55 bits per heavy atom. The van der Waals surface area contributed by atoms with Crippen LogP contribution in [0.3, 0.4) is 0 Å². The zero-order chi connectivity index (χ0) is 22.2. The van der Waals surface area contributed by atoms with Crippen molar-refractivity contribution in [2.75, 3.05) is 6.54 Å².